The molecule has 30 heavy (non-hydrogen) atoms. The first-order valence-electron chi connectivity index (χ1n) is 11.0. The summed E-state index contributed by atoms with van der Waals surface area (Å²) in [5.41, 5.74) is 2.48. The minimum Gasteiger partial charge on any atom is -0.493 e. The lowest BCUT2D eigenvalue weighted by molar-refractivity contribution is -0.154. The van der Waals surface area contributed by atoms with E-state index in [9.17, 15) is 9.18 Å². The van der Waals surface area contributed by atoms with Crippen molar-refractivity contribution in [2.24, 2.45) is 11.3 Å². The Morgan fingerprint density at radius 2 is 1.90 bits per heavy atom. The number of halogens is 1. The van der Waals surface area contributed by atoms with E-state index in [1.165, 1.54) is 18.1 Å². The zero-order valence-electron chi connectivity index (χ0n) is 19.0. The Hall–Kier alpha value is -1.82. The highest BCUT2D eigenvalue weighted by molar-refractivity contribution is 5.66. The van der Waals surface area contributed by atoms with Gasteiger partial charge in [0.1, 0.15) is 6.10 Å². The van der Waals surface area contributed by atoms with Crippen molar-refractivity contribution in [3.8, 4) is 11.5 Å². The standard InChI is InChI=1S/C24H36FNO4/c1-16(27)30-21-14-20-19-13-23(29-5)22(28-4)12-17(19)7-11-26(20)15-18(21)6-8-24(2,3)9-10-25/h12-13,18,20-21H,6-11,14-15H2,1-5H3/t18-,20-,21?/m0/s1/i25+0. The number of benzene rings is 1. The second-order valence-electron chi connectivity index (χ2n) is 9.45. The van der Waals surface area contributed by atoms with Gasteiger partial charge in [-0.2, -0.15) is 0 Å². The summed E-state index contributed by atoms with van der Waals surface area (Å²) in [5.74, 6) is 1.53. The van der Waals surface area contributed by atoms with Crippen molar-refractivity contribution in [2.75, 3.05) is 34.0 Å². The maximum absolute atomic E-state index is 12.9. The van der Waals surface area contributed by atoms with Crippen LogP contribution in [0.1, 0.15) is 63.6 Å². The SMILES string of the molecule is COc1cc2c(cc1OC)[C@@H]1CC(OC(C)=O)[C@@H](CCC(C)(C)CC[19F])CN1CC2. The Labute approximate surface area is 179 Å². The van der Waals surface area contributed by atoms with Gasteiger partial charge in [-0.3, -0.25) is 14.1 Å². The van der Waals surface area contributed by atoms with Gasteiger partial charge in [0.05, 0.1) is 20.9 Å². The first-order chi connectivity index (χ1) is 14.3. The number of alkyl halides is 1. The Bertz CT molecular complexity index is 751. The number of fused-ring (bicyclic) bond motifs is 3. The van der Waals surface area contributed by atoms with Crippen molar-refractivity contribution in [2.45, 2.75) is 65.0 Å². The normalized spacial score (nSPS) is 24.0. The predicted octanol–water partition coefficient (Wildman–Crippen LogP) is 4.72. The molecule has 3 atom stereocenters. The van der Waals surface area contributed by atoms with Gasteiger partial charge in [0.15, 0.2) is 11.5 Å². The Morgan fingerprint density at radius 1 is 1.20 bits per heavy atom. The Kier molecular flexibility index (Phi) is 7.27. The molecule has 2 aliphatic rings. The number of rotatable bonds is 8. The van der Waals surface area contributed by atoms with Crippen molar-refractivity contribution in [3.63, 3.8) is 0 Å². The largest absolute Gasteiger partial charge is 0.493 e. The molecule has 0 saturated carbocycles. The number of hydrogen-bond donors (Lipinski definition) is 0. The van der Waals surface area contributed by atoms with Crippen LogP contribution in [0.5, 0.6) is 11.5 Å². The average Bonchev–Trinajstić information content (AvgIpc) is 2.70. The fourth-order valence-electron chi connectivity index (χ4n) is 5.00. The number of esters is 1. The number of ether oxygens (including phenoxy) is 3. The molecule has 6 heteroatoms. The number of carbonyl (C=O) groups excluding carboxylic acids is 1. The van der Waals surface area contributed by atoms with Gasteiger partial charge in [0, 0.05) is 38.4 Å². The summed E-state index contributed by atoms with van der Waals surface area (Å²) < 4.78 is 29.7. The summed E-state index contributed by atoms with van der Waals surface area (Å²) in [5, 5.41) is 0. The van der Waals surface area contributed by atoms with E-state index in [0.29, 0.717) is 6.42 Å². The first kappa shape index (κ1) is 22.9. The highest BCUT2D eigenvalue weighted by Crippen LogP contribution is 2.44. The van der Waals surface area contributed by atoms with Crippen molar-refractivity contribution < 1.29 is 23.4 Å². The minimum absolute atomic E-state index is 0.0369. The van der Waals surface area contributed by atoms with E-state index >= 15 is 0 Å². The zero-order chi connectivity index (χ0) is 21.9. The van der Waals surface area contributed by atoms with E-state index in [1.807, 2.05) is 0 Å². The molecule has 3 rings (SSSR count). The van der Waals surface area contributed by atoms with Gasteiger partial charge in [0.2, 0.25) is 0 Å². The average molecular weight is 422 g/mol. The van der Waals surface area contributed by atoms with Crippen LogP contribution in [0.2, 0.25) is 0 Å². The summed E-state index contributed by atoms with van der Waals surface area (Å²) >= 11 is 0. The number of nitrogens with zero attached hydrogens (tertiary/aromatic N) is 1. The molecule has 1 saturated heterocycles. The molecule has 1 fully saturated rings. The molecule has 0 radical (unpaired) electrons. The molecular formula is C24H36FNO4. The monoisotopic (exact) mass is 421 g/mol. The molecule has 168 valence electrons. The third-order valence-corrected chi connectivity index (χ3v) is 6.84. The molecule has 1 aromatic carbocycles. The molecule has 2 aliphatic heterocycles. The summed E-state index contributed by atoms with van der Waals surface area (Å²) in [4.78, 5) is 14.3. The van der Waals surface area contributed by atoms with Crippen LogP contribution in [0.25, 0.3) is 0 Å². The van der Waals surface area contributed by atoms with Crippen molar-refractivity contribution in [3.05, 3.63) is 23.3 Å². The second kappa shape index (κ2) is 9.54. The second-order valence-corrected chi connectivity index (χ2v) is 9.45. The molecule has 1 aromatic rings. The number of piperidine rings is 1. The highest BCUT2D eigenvalue weighted by atomic mass is 19.1. The predicted molar refractivity (Wildman–Crippen MR) is 115 cm³/mol. The lowest BCUT2D eigenvalue weighted by atomic mass is 9.76. The van der Waals surface area contributed by atoms with Gasteiger partial charge in [-0.05, 0) is 54.4 Å². The van der Waals surface area contributed by atoms with Crippen molar-refractivity contribution >= 4 is 5.97 Å². The fraction of sp³-hybridized carbons (Fsp3) is 0.708. The van der Waals surface area contributed by atoms with Gasteiger partial charge in [0.25, 0.3) is 0 Å². The summed E-state index contributed by atoms with van der Waals surface area (Å²) in [6.07, 6.45) is 4.05. The summed E-state index contributed by atoms with van der Waals surface area (Å²) in [7, 11) is 3.31. The van der Waals surface area contributed by atoms with Gasteiger partial charge >= 0.3 is 5.97 Å². The quantitative estimate of drug-likeness (QED) is 0.569. The Balaban J connectivity index is 1.82. The van der Waals surface area contributed by atoms with Gasteiger partial charge in [-0.25, -0.2) is 0 Å². The van der Waals surface area contributed by atoms with Gasteiger partial charge in [-0.15, -0.1) is 0 Å². The molecule has 0 aromatic heterocycles. The number of methoxy groups -OCH3 is 2. The number of hydrogen-bond acceptors (Lipinski definition) is 5. The van der Waals surface area contributed by atoms with Crippen LogP contribution in [0, 0.1) is 11.3 Å². The minimum atomic E-state index is -0.290. The zero-order valence-corrected chi connectivity index (χ0v) is 19.0. The maximum Gasteiger partial charge on any atom is 0.302 e. The van der Waals surface area contributed by atoms with E-state index < -0.39 is 0 Å². The van der Waals surface area contributed by atoms with Crippen LogP contribution >= 0.6 is 0 Å². The van der Waals surface area contributed by atoms with Crippen LogP contribution in [0.3, 0.4) is 0 Å². The van der Waals surface area contributed by atoms with Crippen LogP contribution < -0.4 is 9.47 Å². The molecule has 2 heterocycles. The van der Waals surface area contributed by atoms with Crippen LogP contribution in [0.4, 0.5) is 4.39 Å². The molecule has 0 bridgehead atoms. The smallest absolute Gasteiger partial charge is 0.302 e. The molecular weight excluding hydrogens is 385 g/mol. The lowest BCUT2D eigenvalue weighted by Gasteiger charge is -2.47. The molecule has 1 unspecified atom stereocenters. The Morgan fingerprint density at radius 3 is 2.53 bits per heavy atom. The third kappa shape index (κ3) is 5.08. The molecule has 0 amide bonds. The summed E-state index contributed by atoms with van der Waals surface area (Å²) in [6.45, 7) is 7.30. The van der Waals surface area contributed by atoms with Gasteiger partial charge < -0.3 is 14.2 Å². The van der Waals surface area contributed by atoms with E-state index in [4.69, 9.17) is 14.2 Å². The lowest BCUT2D eigenvalue weighted by Crippen LogP contribution is -2.49. The molecule has 0 spiro atoms. The molecule has 0 N–H and O–H groups in total. The van der Waals surface area contributed by atoms with E-state index in [0.717, 1.165) is 50.3 Å². The van der Waals surface area contributed by atoms with Crippen LogP contribution in [-0.4, -0.2) is 51.0 Å². The van der Waals surface area contributed by atoms with Gasteiger partial charge in [-0.1, -0.05) is 13.8 Å². The van der Waals surface area contributed by atoms with E-state index in [2.05, 4.69) is 30.9 Å². The van der Waals surface area contributed by atoms with E-state index in [1.54, 1.807) is 14.2 Å². The maximum atomic E-state index is 12.9. The van der Waals surface area contributed by atoms with Crippen molar-refractivity contribution in [1.82, 2.24) is 4.90 Å². The van der Waals surface area contributed by atoms with Crippen LogP contribution in [-0.2, 0) is 16.0 Å². The topological polar surface area (TPSA) is 48.0 Å². The van der Waals surface area contributed by atoms with E-state index in [-0.39, 0.29) is 36.1 Å². The third-order valence-electron chi connectivity index (χ3n) is 6.84. The number of carbonyl (C=O) groups is 1. The van der Waals surface area contributed by atoms with Crippen LogP contribution in [0.15, 0.2) is 12.1 Å². The van der Waals surface area contributed by atoms with Crippen molar-refractivity contribution in [1.29, 1.82) is 0 Å². The highest BCUT2D eigenvalue weighted by Gasteiger charge is 2.41. The fourth-order valence-corrected chi connectivity index (χ4v) is 5.00. The molecule has 0 aliphatic carbocycles. The first-order valence-corrected chi connectivity index (χ1v) is 11.0. The summed E-state index contributed by atoms with van der Waals surface area (Å²) in [6, 6.07) is 4.37. The molecule has 5 nitrogen and oxygen atoms in total.